The van der Waals surface area contributed by atoms with E-state index in [9.17, 15) is 4.79 Å². The van der Waals surface area contributed by atoms with Crippen molar-refractivity contribution in [2.45, 2.75) is 19.3 Å². The lowest BCUT2D eigenvalue weighted by atomic mass is 10.0. The fraction of sp³-hybridized carbons (Fsp3) is 0.278. The van der Waals surface area contributed by atoms with Crippen molar-refractivity contribution < 1.29 is 14.3 Å². The zero-order valence-corrected chi connectivity index (χ0v) is 12.6. The van der Waals surface area contributed by atoms with Crippen LogP contribution in [0.5, 0.6) is 11.5 Å². The number of amides is 1. The van der Waals surface area contributed by atoms with Crippen molar-refractivity contribution in [2.75, 3.05) is 19.0 Å². The third-order valence-corrected chi connectivity index (χ3v) is 3.77. The first kappa shape index (κ1) is 14.4. The summed E-state index contributed by atoms with van der Waals surface area (Å²) in [5, 5.41) is 2.90. The van der Waals surface area contributed by atoms with E-state index < -0.39 is 0 Å². The van der Waals surface area contributed by atoms with Crippen LogP contribution in [0.25, 0.3) is 0 Å². The molecule has 0 spiro atoms. The Labute approximate surface area is 130 Å². The maximum absolute atomic E-state index is 12.0. The largest absolute Gasteiger partial charge is 0.497 e. The van der Waals surface area contributed by atoms with Gasteiger partial charge in [0.25, 0.3) is 0 Å². The fourth-order valence-electron chi connectivity index (χ4n) is 2.55. The van der Waals surface area contributed by atoms with Crippen molar-refractivity contribution in [1.29, 1.82) is 0 Å². The summed E-state index contributed by atoms with van der Waals surface area (Å²) in [5.74, 6) is 1.77. The molecule has 0 aliphatic carbocycles. The van der Waals surface area contributed by atoms with Crippen molar-refractivity contribution in [1.82, 2.24) is 0 Å². The summed E-state index contributed by atoms with van der Waals surface area (Å²) >= 11 is 0. The Morgan fingerprint density at radius 2 is 2.05 bits per heavy atom. The van der Waals surface area contributed by atoms with E-state index in [0.717, 1.165) is 36.6 Å². The highest BCUT2D eigenvalue weighted by Crippen LogP contribution is 2.26. The first-order valence-corrected chi connectivity index (χ1v) is 7.43. The van der Waals surface area contributed by atoms with E-state index in [1.807, 2.05) is 36.4 Å². The van der Waals surface area contributed by atoms with Crippen LogP contribution in [0, 0.1) is 0 Å². The van der Waals surface area contributed by atoms with Gasteiger partial charge in [-0.05, 0) is 47.9 Å². The molecule has 2 aromatic rings. The molecular weight excluding hydrogens is 278 g/mol. The van der Waals surface area contributed by atoms with Gasteiger partial charge in [0, 0.05) is 18.5 Å². The Morgan fingerprint density at radius 1 is 1.23 bits per heavy atom. The Hall–Kier alpha value is -2.49. The van der Waals surface area contributed by atoms with Gasteiger partial charge in [-0.25, -0.2) is 0 Å². The number of ether oxygens (including phenoxy) is 2. The molecule has 4 nitrogen and oxygen atoms in total. The number of carbonyl (C=O) groups excluding carboxylic acids is 1. The molecular formula is C18H19NO3. The number of anilines is 1. The monoisotopic (exact) mass is 297 g/mol. The quantitative estimate of drug-likeness (QED) is 0.922. The topological polar surface area (TPSA) is 47.6 Å². The standard InChI is InChI=1S/C18H19NO3/c1-21-16-6-4-15(5-7-16)19-18(20)9-3-13-2-8-17-14(12-13)10-11-22-17/h2,4-8,12H,3,9-11H2,1H3,(H,19,20). The molecule has 0 unspecified atom stereocenters. The second-order valence-electron chi connectivity index (χ2n) is 5.32. The average molecular weight is 297 g/mol. The molecule has 0 fully saturated rings. The molecule has 0 saturated carbocycles. The van der Waals surface area contributed by atoms with Crippen LogP contribution in [0.2, 0.25) is 0 Å². The maximum atomic E-state index is 12.0. The van der Waals surface area contributed by atoms with Gasteiger partial charge in [-0.15, -0.1) is 0 Å². The summed E-state index contributed by atoms with van der Waals surface area (Å²) in [5.41, 5.74) is 3.20. The van der Waals surface area contributed by atoms with E-state index in [4.69, 9.17) is 9.47 Å². The third-order valence-electron chi connectivity index (χ3n) is 3.77. The number of benzene rings is 2. The van der Waals surface area contributed by atoms with Gasteiger partial charge in [-0.3, -0.25) is 4.79 Å². The second-order valence-corrected chi connectivity index (χ2v) is 5.32. The molecule has 0 saturated heterocycles. The van der Waals surface area contributed by atoms with E-state index in [2.05, 4.69) is 11.4 Å². The zero-order chi connectivity index (χ0) is 15.4. The summed E-state index contributed by atoms with van der Waals surface area (Å²) in [6.07, 6.45) is 2.15. The van der Waals surface area contributed by atoms with Crippen molar-refractivity contribution in [2.24, 2.45) is 0 Å². The second kappa shape index (κ2) is 6.52. The highest BCUT2D eigenvalue weighted by molar-refractivity contribution is 5.90. The lowest BCUT2D eigenvalue weighted by Gasteiger charge is -2.07. The summed E-state index contributed by atoms with van der Waals surface area (Å²) in [4.78, 5) is 12.0. The molecule has 0 radical (unpaired) electrons. The number of aryl methyl sites for hydroxylation is 1. The van der Waals surface area contributed by atoms with Crippen LogP contribution in [0.15, 0.2) is 42.5 Å². The number of hydrogen-bond donors (Lipinski definition) is 1. The molecule has 1 heterocycles. The van der Waals surface area contributed by atoms with E-state index in [1.165, 1.54) is 11.1 Å². The molecule has 2 aromatic carbocycles. The van der Waals surface area contributed by atoms with Crippen LogP contribution in [0.4, 0.5) is 5.69 Å². The van der Waals surface area contributed by atoms with Crippen LogP contribution >= 0.6 is 0 Å². The molecule has 114 valence electrons. The SMILES string of the molecule is COc1ccc(NC(=O)CCc2ccc3c(c2)CCO3)cc1. The van der Waals surface area contributed by atoms with Crippen molar-refractivity contribution >= 4 is 11.6 Å². The minimum absolute atomic E-state index is 0.0157. The zero-order valence-electron chi connectivity index (χ0n) is 12.6. The van der Waals surface area contributed by atoms with Gasteiger partial charge in [0.1, 0.15) is 11.5 Å². The molecule has 0 aromatic heterocycles. The van der Waals surface area contributed by atoms with Crippen molar-refractivity contribution in [3.05, 3.63) is 53.6 Å². The van der Waals surface area contributed by atoms with Gasteiger partial charge in [0.05, 0.1) is 13.7 Å². The van der Waals surface area contributed by atoms with Crippen LogP contribution in [0.1, 0.15) is 17.5 Å². The van der Waals surface area contributed by atoms with E-state index >= 15 is 0 Å². The van der Waals surface area contributed by atoms with Crippen molar-refractivity contribution in [3.63, 3.8) is 0 Å². The first-order chi connectivity index (χ1) is 10.7. The number of hydrogen-bond acceptors (Lipinski definition) is 3. The molecule has 1 N–H and O–H groups in total. The van der Waals surface area contributed by atoms with E-state index in [1.54, 1.807) is 7.11 Å². The van der Waals surface area contributed by atoms with Gasteiger partial charge in [-0.2, -0.15) is 0 Å². The smallest absolute Gasteiger partial charge is 0.224 e. The number of fused-ring (bicyclic) bond motifs is 1. The first-order valence-electron chi connectivity index (χ1n) is 7.43. The Kier molecular flexibility index (Phi) is 4.28. The molecule has 3 rings (SSSR count). The maximum Gasteiger partial charge on any atom is 0.224 e. The lowest BCUT2D eigenvalue weighted by Crippen LogP contribution is -2.12. The number of carbonyl (C=O) groups is 1. The fourth-order valence-corrected chi connectivity index (χ4v) is 2.55. The predicted octanol–water partition coefficient (Wildman–Crippen LogP) is 3.20. The van der Waals surface area contributed by atoms with Crippen molar-refractivity contribution in [3.8, 4) is 11.5 Å². The lowest BCUT2D eigenvalue weighted by molar-refractivity contribution is -0.116. The molecule has 4 heteroatoms. The van der Waals surface area contributed by atoms with Crippen LogP contribution in [-0.4, -0.2) is 19.6 Å². The summed E-state index contributed by atoms with van der Waals surface area (Å²) in [6, 6.07) is 13.5. The highest BCUT2D eigenvalue weighted by atomic mass is 16.5. The van der Waals surface area contributed by atoms with Gasteiger partial charge >= 0.3 is 0 Å². The molecule has 0 atom stereocenters. The van der Waals surface area contributed by atoms with Gasteiger partial charge in [0.15, 0.2) is 0 Å². The molecule has 22 heavy (non-hydrogen) atoms. The minimum atomic E-state index is 0.0157. The van der Waals surface area contributed by atoms with E-state index in [0.29, 0.717) is 6.42 Å². The molecule has 0 bridgehead atoms. The average Bonchev–Trinajstić information content (AvgIpc) is 3.01. The van der Waals surface area contributed by atoms with Crippen LogP contribution < -0.4 is 14.8 Å². The number of nitrogens with one attached hydrogen (secondary N) is 1. The molecule has 1 aliphatic heterocycles. The van der Waals surface area contributed by atoms with E-state index in [-0.39, 0.29) is 5.91 Å². The van der Waals surface area contributed by atoms with Crippen LogP contribution in [-0.2, 0) is 17.6 Å². The van der Waals surface area contributed by atoms with Gasteiger partial charge in [-0.1, -0.05) is 12.1 Å². The van der Waals surface area contributed by atoms with Gasteiger partial charge < -0.3 is 14.8 Å². The number of methoxy groups -OCH3 is 1. The van der Waals surface area contributed by atoms with Crippen LogP contribution in [0.3, 0.4) is 0 Å². The Balaban J connectivity index is 1.53. The number of rotatable bonds is 5. The van der Waals surface area contributed by atoms with Gasteiger partial charge in [0.2, 0.25) is 5.91 Å². The molecule has 1 aliphatic rings. The summed E-state index contributed by atoms with van der Waals surface area (Å²) in [6.45, 7) is 0.761. The minimum Gasteiger partial charge on any atom is -0.497 e. The Morgan fingerprint density at radius 3 is 2.82 bits per heavy atom. The predicted molar refractivity (Wildman–Crippen MR) is 85.6 cm³/mol. The normalized spacial score (nSPS) is 12.4. The summed E-state index contributed by atoms with van der Waals surface area (Å²) < 4.78 is 10.6. The summed E-state index contributed by atoms with van der Waals surface area (Å²) in [7, 11) is 1.62. The third kappa shape index (κ3) is 3.39. The Bertz CT molecular complexity index is 665. The molecule has 1 amide bonds. The highest BCUT2D eigenvalue weighted by Gasteiger charge is 2.12.